The molecule has 0 aromatic rings. The van der Waals surface area contributed by atoms with Gasteiger partial charge in [0, 0.05) is 19.6 Å². The molecule has 0 aromatic heterocycles. The molecule has 1 saturated heterocycles. The Hall–Kier alpha value is -0.770. The summed E-state index contributed by atoms with van der Waals surface area (Å²) in [5, 5.41) is 0. The highest BCUT2D eigenvalue weighted by atomic mass is 16.2. The van der Waals surface area contributed by atoms with E-state index in [4.69, 9.17) is 5.73 Å². The van der Waals surface area contributed by atoms with Crippen molar-refractivity contribution in [2.45, 2.75) is 32.4 Å². The van der Waals surface area contributed by atoms with Crippen molar-refractivity contribution in [3.8, 4) is 0 Å². The monoisotopic (exact) mass is 185 g/mol. The van der Waals surface area contributed by atoms with Gasteiger partial charge in [0.15, 0.2) is 0 Å². The third-order valence-electron chi connectivity index (χ3n) is 2.63. The molecule has 0 aromatic carbocycles. The van der Waals surface area contributed by atoms with E-state index in [9.17, 15) is 4.79 Å². The molecule has 0 spiro atoms. The maximum Gasteiger partial charge on any atom is 0.320 e. The summed E-state index contributed by atoms with van der Waals surface area (Å²) in [6.45, 7) is 5.55. The number of carbonyl (C=O) groups is 1. The Labute approximate surface area is 79.7 Å². The average Bonchev–Trinajstić information content (AvgIpc) is 2.33. The van der Waals surface area contributed by atoms with Crippen LogP contribution in [0.1, 0.15) is 20.3 Å². The van der Waals surface area contributed by atoms with Crippen LogP contribution in [0.5, 0.6) is 0 Å². The van der Waals surface area contributed by atoms with E-state index < -0.39 is 0 Å². The molecule has 4 heteroatoms. The van der Waals surface area contributed by atoms with E-state index in [1.54, 1.807) is 4.90 Å². The smallest absolute Gasteiger partial charge is 0.320 e. The molecule has 76 valence electrons. The minimum Gasteiger partial charge on any atom is -0.330 e. The quantitative estimate of drug-likeness (QED) is 0.695. The summed E-state index contributed by atoms with van der Waals surface area (Å²) in [6.07, 6.45) is 0.894. The van der Waals surface area contributed by atoms with Crippen molar-refractivity contribution < 1.29 is 4.79 Å². The van der Waals surface area contributed by atoms with Gasteiger partial charge in [0.1, 0.15) is 0 Å². The Morgan fingerprint density at radius 1 is 1.62 bits per heavy atom. The number of rotatable bonds is 3. The highest BCUT2D eigenvalue weighted by molar-refractivity contribution is 5.77. The Bertz CT molecular complexity index is 193. The zero-order chi connectivity index (χ0) is 10.0. The first-order valence-electron chi connectivity index (χ1n) is 4.81. The molecule has 1 aliphatic rings. The van der Waals surface area contributed by atoms with Crippen LogP contribution < -0.4 is 5.73 Å². The van der Waals surface area contributed by atoms with Gasteiger partial charge in [-0.25, -0.2) is 4.79 Å². The van der Waals surface area contributed by atoms with Gasteiger partial charge in [-0.05, 0) is 26.8 Å². The van der Waals surface area contributed by atoms with Crippen LogP contribution >= 0.6 is 0 Å². The minimum absolute atomic E-state index is 0.133. The molecule has 13 heavy (non-hydrogen) atoms. The zero-order valence-corrected chi connectivity index (χ0v) is 8.66. The number of hydrogen-bond donors (Lipinski definition) is 1. The fourth-order valence-corrected chi connectivity index (χ4v) is 1.70. The second-order valence-electron chi connectivity index (χ2n) is 3.87. The van der Waals surface area contributed by atoms with E-state index in [1.807, 2.05) is 25.8 Å². The molecule has 1 aliphatic heterocycles. The largest absolute Gasteiger partial charge is 0.330 e. The Morgan fingerprint density at radius 3 is 2.62 bits per heavy atom. The van der Waals surface area contributed by atoms with Crippen molar-refractivity contribution in [1.82, 2.24) is 9.80 Å². The van der Waals surface area contributed by atoms with Crippen LogP contribution in [0.3, 0.4) is 0 Å². The summed E-state index contributed by atoms with van der Waals surface area (Å²) in [6, 6.07) is 0.728. The van der Waals surface area contributed by atoms with Crippen molar-refractivity contribution >= 4 is 6.03 Å². The lowest BCUT2D eigenvalue weighted by Gasteiger charge is -2.19. The molecular weight excluding hydrogens is 166 g/mol. The molecule has 2 N–H and O–H groups in total. The van der Waals surface area contributed by atoms with Crippen LogP contribution in [-0.2, 0) is 0 Å². The lowest BCUT2D eigenvalue weighted by molar-refractivity contribution is 0.187. The number of carbonyl (C=O) groups excluding carboxylic acids is 1. The number of hydrogen-bond acceptors (Lipinski definition) is 2. The molecule has 4 nitrogen and oxygen atoms in total. The van der Waals surface area contributed by atoms with Crippen molar-refractivity contribution in [3.05, 3.63) is 0 Å². The maximum atomic E-state index is 11.6. The van der Waals surface area contributed by atoms with Gasteiger partial charge in [0.25, 0.3) is 0 Å². The van der Waals surface area contributed by atoms with Crippen LogP contribution in [0, 0.1) is 0 Å². The van der Waals surface area contributed by atoms with Gasteiger partial charge < -0.3 is 15.5 Å². The third-order valence-corrected chi connectivity index (χ3v) is 2.63. The van der Waals surface area contributed by atoms with E-state index in [1.165, 1.54) is 0 Å². The Morgan fingerprint density at radius 2 is 2.23 bits per heavy atom. The highest BCUT2D eigenvalue weighted by Crippen LogP contribution is 2.18. The fraction of sp³-hybridized carbons (Fsp3) is 0.889. The molecular formula is C9H19N3O. The molecule has 1 atom stereocenters. The van der Waals surface area contributed by atoms with Crippen LogP contribution in [0.15, 0.2) is 0 Å². The second kappa shape index (κ2) is 3.96. The fourth-order valence-electron chi connectivity index (χ4n) is 1.70. The maximum absolute atomic E-state index is 11.6. The van der Waals surface area contributed by atoms with Gasteiger partial charge in [-0.3, -0.25) is 0 Å². The molecule has 1 rings (SSSR count). The topological polar surface area (TPSA) is 49.6 Å². The Balaban J connectivity index is 2.61. The molecule has 0 bridgehead atoms. The lowest BCUT2D eigenvalue weighted by atomic mass is 10.2. The summed E-state index contributed by atoms with van der Waals surface area (Å²) in [5.41, 5.74) is 5.48. The predicted molar refractivity (Wildman–Crippen MR) is 52.5 cm³/mol. The van der Waals surface area contributed by atoms with Gasteiger partial charge in [-0.1, -0.05) is 0 Å². The molecule has 1 fully saturated rings. The van der Waals surface area contributed by atoms with Gasteiger partial charge in [0.2, 0.25) is 0 Å². The number of urea groups is 1. The van der Waals surface area contributed by atoms with Crippen LogP contribution in [0.4, 0.5) is 4.79 Å². The number of nitrogens with zero attached hydrogens (tertiary/aromatic N) is 2. The van der Waals surface area contributed by atoms with E-state index >= 15 is 0 Å². The van der Waals surface area contributed by atoms with E-state index in [0.717, 1.165) is 13.0 Å². The number of amides is 2. The summed E-state index contributed by atoms with van der Waals surface area (Å²) in [7, 11) is 1.85. The second-order valence-corrected chi connectivity index (χ2v) is 3.87. The van der Waals surface area contributed by atoms with Gasteiger partial charge in [0.05, 0.1) is 6.04 Å². The first-order valence-corrected chi connectivity index (χ1v) is 4.81. The summed E-state index contributed by atoms with van der Waals surface area (Å²) < 4.78 is 0. The SMILES string of the molecule is CC(C)N1CC(CCN)N(C)C1=O. The van der Waals surface area contributed by atoms with Crippen LogP contribution in [-0.4, -0.2) is 48.1 Å². The predicted octanol–water partition coefficient (Wildman–Crippen LogP) is 0.480. The minimum atomic E-state index is 0.133. The summed E-state index contributed by atoms with van der Waals surface area (Å²) >= 11 is 0. The van der Waals surface area contributed by atoms with Crippen molar-refractivity contribution in [1.29, 1.82) is 0 Å². The van der Waals surface area contributed by atoms with E-state index in [0.29, 0.717) is 12.6 Å². The number of nitrogens with two attached hydrogens (primary N) is 1. The first-order chi connectivity index (χ1) is 6.07. The lowest BCUT2D eigenvalue weighted by Crippen LogP contribution is -2.35. The Kier molecular flexibility index (Phi) is 3.14. The average molecular weight is 185 g/mol. The van der Waals surface area contributed by atoms with Crippen LogP contribution in [0.25, 0.3) is 0 Å². The molecule has 0 radical (unpaired) electrons. The zero-order valence-electron chi connectivity index (χ0n) is 8.66. The van der Waals surface area contributed by atoms with Gasteiger partial charge >= 0.3 is 6.03 Å². The molecule has 1 unspecified atom stereocenters. The molecule has 0 saturated carbocycles. The van der Waals surface area contributed by atoms with Crippen molar-refractivity contribution in [2.75, 3.05) is 20.1 Å². The van der Waals surface area contributed by atoms with Crippen molar-refractivity contribution in [2.24, 2.45) is 5.73 Å². The normalized spacial score (nSPS) is 23.5. The summed E-state index contributed by atoms with van der Waals surface area (Å²) in [4.78, 5) is 15.3. The molecule has 0 aliphatic carbocycles. The first kappa shape index (κ1) is 10.3. The van der Waals surface area contributed by atoms with E-state index in [2.05, 4.69) is 0 Å². The van der Waals surface area contributed by atoms with Crippen LogP contribution in [0.2, 0.25) is 0 Å². The number of likely N-dealkylation sites (N-methyl/N-ethyl adjacent to an activating group) is 1. The van der Waals surface area contributed by atoms with Crippen molar-refractivity contribution in [3.63, 3.8) is 0 Å². The third kappa shape index (κ3) is 1.94. The standard InChI is InChI=1S/C9H19N3O/c1-7(2)12-6-8(4-5-10)11(3)9(12)13/h7-8H,4-6,10H2,1-3H3. The molecule has 2 amide bonds. The highest BCUT2D eigenvalue weighted by Gasteiger charge is 2.34. The summed E-state index contributed by atoms with van der Waals surface area (Å²) in [5.74, 6) is 0. The van der Waals surface area contributed by atoms with Gasteiger partial charge in [-0.2, -0.15) is 0 Å². The van der Waals surface area contributed by atoms with E-state index in [-0.39, 0.29) is 12.1 Å². The molecule has 1 heterocycles. The van der Waals surface area contributed by atoms with Gasteiger partial charge in [-0.15, -0.1) is 0 Å².